The van der Waals surface area contributed by atoms with Crippen molar-refractivity contribution in [3.63, 3.8) is 0 Å². The normalized spacial score (nSPS) is 20.5. The van der Waals surface area contributed by atoms with Gasteiger partial charge in [-0.25, -0.2) is 8.42 Å². The first-order chi connectivity index (χ1) is 11.8. The van der Waals surface area contributed by atoms with Gasteiger partial charge < -0.3 is 10.6 Å². The third-order valence-electron chi connectivity index (χ3n) is 4.32. The van der Waals surface area contributed by atoms with Crippen LogP contribution in [0.4, 0.5) is 0 Å². The Balaban J connectivity index is 0.00000625. The van der Waals surface area contributed by atoms with E-state index in [1.165, 1.54) is 0 Å². The Kier molecular flexibility index (Phi) is 12.4. The van der Waals surface area contributed by atoms with Crippen molar-refractivity contribution < 1.29 is 8.42 Å². The van der Waals surface area contributed by atoms with Gasteiger partial charge in [0.15, 0.2) is 15.8 Å². The van der Waals surface area contributed by atoms with E-state index in [1.54, 1.807) is 0 Å². The average Bonchev–Trinajstić information content (AvgIpc) is 2.86. The Morgan fingerprint density at radius 2 is 1.92 bits per heavy atom. The van der Waals surface area contributed by atoms with E-state index in [-0.39, 0.29) is 47.6 Å². The summed E-state index contributed by atoms with van der Waals surface area (Å²) >= 11 is 0. The fourth-order valence-electron chi connectivity index (χ4n) is 3.03. The minimum atomic E-state index is -2.90. The number of sulfone groups is 1. The zero-order valence-electron chi connectivity index (χ0n) is 16.3. The van der Waals surface area contributed by atoms with Gasteiger partial charge in [0.2, 0.25) is 0 Å². The van der Waals surface area contributed by atoms with Crippen LogP contribution in [0.25, 0.3) is 0 Å². The molecule has 2 atom stereocenters. The first-order valence-corrected chi connectivity index (χ1v) is 10.9. The number of hydrogen-bond acceptors (Lipinski definition) is 4. The number of nitrogens with zero attached hydrogens (tertiary/aromatic N) is 2. The monoisotopic (exact) mass is 498 g/mol. The molecule has 0 amide bonds. The number of rotatable bonds is 10. The Labute approximate surface area is 176 Å². The van der Waals surface area contributed by atoms with Crippen LogP contribution in [0.1, 0.15) is 27.2 Å². The van der Waals surface area contributed by atoms with Crippen LogP contribution in [0.3, 0.4) is 0 Å². The molecular formula is C18H35IN4O2S. The molecule has 1 aliphatic heterocycles. The van der Waals surface area contributed by atoms with Crippen molar-refractivity contribution >= 4 is 39.8 Å². The highest BCUT2D eigenvalue weighted by molar-refractivity contribution is 14.0. The van der Waals surface area contributed by atoms with Crippen LogP contribution in [0, 0.1) is 5.92 Å². The number of hydrogen-bond donors (Lipinski definition) is 2. The summed E-state index contributed by atoms with van der Waals surface area (Å²) in [6, 6.07) is 0.205. The van der Waals surface area contributed by atoms with Crippen LogP contribution in [-0.4, -0.2) is 69.0 Å². The van der Waals surface area contributed by atoms with Gasteiger partial charge in [-0.05, 0) is 19.3 Å². The molecule has 2 unspecified atom stereocenters. The number of guanidine groups is 1. The van der Waals surface area contributed by atoms with Gasteiger partial charge in [-0.1, -0.05) is 26.0 Å². The van der Waals surface area contributed by atoms with E-state index in [9.17, 15) is 8.42 Å². The third-order valence-corrected chi connectivity index (χ3v) is 6.09. The summed E-state index contributed by atoms with van der Waals surface area (Å²) in [5.41, 5.74) is 0. The molecule has 1 heterocycles. The van der Waals surface area contributed by atoms with Crippen LogP contribution in [-0.2, 0) is 9.84 Å². The lowest BCUT2D eigenvalue weighted by Crippen LogP contribution is -2.46. The van der Waals surface area contributed by atoms with Gasteiger partial charge in [-0.15, -0.1) is 37.1 Å². The molecule has 26 heavy (non-hydrogen) atoms. The van der Waals surface area contributed by atoms with Gasteiger partial charge in [0, 0.05) is 31.7 Å². The fourth-order valence-corrected chi connectivity index (χ4v) is 4.71. The largest absolute Gasteiger partial charge is 0.357 e. The molecular weight excluding hydrogens is 463 g/mol. The summed E-state index contributed by atoms with van der Waals surface area (Å²) in [5.74, 6) is 1.56. The van der Waals surface area contributed by atoms with Crippen LogP contribution in [0.5, 0.6) is 0 Å². The fraction of sp³-hybridized carbons (Fsp3) is 0.722. The van der Waals surface area contributed by atoms with Crippen molar-refractivity contribution in [3.8, 4) is 0 Å². The highest BCUT2D eigenvalue weighted by Crippen LogP contribution is 2.13. The van der Waals surface area contributed by atoms with Crippen molar-refractivity contribution in [2.45, 2.75) is 39.3 Å². The van der Waals surface area contributed by atoms with Crippen molar-refractivity contribution in [2.24, 2.45) is 10.9 Å². The summed E-state index contributed by atoms with van der Waals surface area (Å²) in [5, 5.41) is 6.49. The average molecular weight is 498 g/mol. The second-order valence-electron chi connectivity index (χ2n) is 6.81. The molecule has 2 N–H and O–H groups in total. The Hall–Kier alpha value is -0.610. The van der Waals surface area contributed by atoms with E-state index in [0.29, 0.717) is 24.8 Å². The molecule has 8 heteroatoms. The Morgan fingerprint density at radius 1 is 1.31 bits per heavy atom. The Morgan fingerprint density at radius 3 is 2.35 bits per heavy atom. The zero-order chi connectivity index (χ0) is 18.9. The molecule has 0 bridgehead atoms. The van der Waals surface area contributed by atoms with Gasteiger partial charge in [0.25, 0.3) is 0 Å². The van der Waals surface area contributed by atoms with Gasteiger partial charge in [0.05, 0.1) is 18.1 Å². The SMILES string of the molecule is C=CCN(CC=C)C(CN=C(NCC)NC1CCS(=O)(=O)C1)C(C)C.I. The first kappa shape index (κ1) is 25.4. The summed E-state index contributed by atoms with van der Waals surface area (Å²) in [6.45, 7) is 17.0. The maximum absolute atomic E-state index is 11.6. The molecule has 152 valence electrons. The maximum atomic E-state index is 11.6. The molecule has 0 aromatic heterocycles. The maximum Gasteiger partial charge on any atom is 0.191 e. The summed E-state index contributed by atoms with van der Waals surface area (Å²) in [6.07, 6.45) is 4.43. The summed E-state index contributed by atoms with van der Waals surface area (Å²) < 4.78 is 23.3. The first-order valence-electron chi connectivity index (χ1n) is 9.04. The molecule has 0 spiro atoms. The molecule has 6 nitrogen and oxygen atoms in total. The lowest BCUT2D eigenvalue weighted by molar-refractivity contribution is 0.195. The minimum Gasteiger partial charge on any atom is -0.357 e. The molecule has 0 aromatic carbocycles. The van der Waals surface area contributed by atoms with Crippen molar-refractivity contribution in [1.29, 1.82) is 0 Å². The molecule has 1 saturated heterocycles. The van der Waals surface area contributed by atoms with E-state index >= 15 is 0 Å². The standard InChI is InChI=1S/C18H34N4O2S.HI/c1-6-10-22(11-7-2)17(15(4)5)13-20-18(19-8-3)21-16-9-12-25(23,24)14-16;/h6-7,15-17H,1-2,8-14H2,3-5H3,(H2,19,20,21);1H. The van der Waals surface area contributed by atoms with Crippen molar-refractivity contribution in [2.75, 3.05) is 37.7 Å². The van der Waals surface area contributed by atoms with Crippen LogP contribution < -0.4 is 10.6 Å². The van der Waals surface area contributed by atoms with Crippen LogP contribution in [0.15, 0.2) is 30.3 Å². The highest BCUT2D eigenvalue weighted by atomic mass is 127. The Bertz CT molecular complexity index is 554. The lowest BCUT2D eigenvalue weighted by atomic mass is 10.0. The van der Waals surface area contributed by atoms with Crippen LogP contribution in [0.2, 0.25) is 0 Å². The second kappa shape index (κ2) is 12.7. The molecule has 0 saturated carbocycles. The molecule has 1 fully saturated rings. The van der Waals surface area contributed by atoms with Crippen molar-refractivity contribution in [3.05, 3.63) is 25.3 Å². The van der Waals surface area contributed by atoms with Gasteiger partial charge in [0.1, 0.15) is 0 Å². The molecule has 1 rings (SSSR count). The van der Waals surface area contributed by atoms with Crippen LogP contribution >= 0.6 is 24.0 Å². The topological polar surface area (TPSA) is 73.8 Å². The van der Waals surface area contributed by atoms with E-state index in [4.69, 9.17) is 4.99 Å². The second-order valence-corrected chi connectivity index (χ2v) is 9.04. The number of nitrogens with one attached hydrogen (secondary N) is 2. The zero-order valence-corrected chi connectivity index (χ0v) is 19.4. The molecule has 1 aliphatic rings. The quantitative estimate of drug-likeness (QED) is 0.209. The van der Waals surface area contributed by atoms with Gasteiger partial charge >= 0.3 is 0 Å². The number of halogens is 1. The summed E-state index contributed by atoms with van der Waals surface area (Å²) in [4.78, 5) is 7.02. The van der Waals surface area contributed by atoms with E-state index in [2.05, 4.69) is 42.5 Å². The van der Waals surface area contributed by atoms with E-state index in [0.717, 1.165) is 19.6 Å². The highest BCUT2D eigenvalue weighted by Gasteiger charge is 2.28. The number of aliphatic imine (C=N–C) groups is 1. The predicted octanol–water partition coefficient (Wildman–Crippen LogP) is 2.05. The smallest absolute Gasteiger partial charge is 0.191 e. The van der Waals surface area contributed by atoms with E-state index in [1.807, 2.05) is 19.1 Å². The van der Waals surface area contributed by atoms with Crippen molar-refractivity contribution in [1.82, 2.24) is 15.5 Å². The van der Waals surface area contributed by atoms with Gasteiger partial charge in [-0.2, -0.15) is 0 Å². The van der Waals surface area contributed by atoms with Gasteiger partial charge in [-0.3, -0.25) is 9.89 Å². The lowest BCUT2D eigenvalue weighted by Gasteiger charge is -2.32. The predicted molar refractivity (Wildman–Crippen MR) is 122 cm³/mol. The minimum absolute atomic E-state index is 0. The molecule has 0 aromatic rings. The third kappa shape index (κ3) is 8.85. The summed E-state index contributed by atoms with van der Waals surface area (Å²) in [7, 11) is -2.90. The van der Waals surface area contributed by atoms with E-state index < -0.39 is 9.84 Å². The molecule has 0 aliphatic carbocycles. The molecule has 0 radical (unpaired) electrons.